The fraction of sp³-hybridized carbons (Fsp3) is 0.462. The van der Waals surface area contributed by atoms with Crippen LogP contribution in [0.1, 0.15) is 31.9 Å². The zero-order valence-electron chi connectivity index (χ0n) is 10.3. The number of nitrogens with zero attached hydrogens (tertiary/aromatic N) is 1. The average molecular weight is 235 g/mol. The van der Waals surface area contributed by atoms with E-state index in [9.17, 15) is 5.11 Å². The van der Waals surface area contributed by atoms with Crippen LogP contribution in [0, 0.1) is 0 Å². The van der Waals surface area contributed by atoms with E-state index in [1.165, 1.54) is 0 Å². The lowest BCUT2D eigenvalue weighted by Gasteiger charge is -2.15. The molecule has 0 aliphatic carbocycles. The molecule has 0 bridgehead atoms. The molecule has 0 radical (unpaired) electrons. The summed E-state index contributed by atoms with van der Waals surface area (Å²) in [5.74, 6) is 0.815. The molecule has 0 saturated heterocycles. The van der Waals surface area contributed by atoms with Crippen LogP contribution < -0.4 is 4.74 Å². The molecule has 1 aromatic carbocycles. The summed E-state index contributed by atoms with van der Waals surface area (Å²) in [4.78, 5) is 5.34. The van der Waals surface area contributed by atoms with Crippen LogP contribution in [0.15, 0.2) is 29.4 Å². The number of methoxy groups -OCH3 is 1. The van der Waals surface area contributed by atoms with Gasteiger partial charge in [-0.15, -0.1) is 0 Å². The monoisotopic (exact) mass is 235 g/mol. The summed E-state index contributed by atoms with van der Waals surface area (Å²) < 4.78 is 5.10. The maximum Gasteiger partial charge on any atom is 0.158 e. The standard InChI is InChI=1S/C13H17NO3/c1-13(2,15)12-8-11(17-14-12)9-4-6-10(16-3)7-5-9/h4-7,11,15H,8H2,1-3H3. The van der Waals surface area contributed by atoms with Crippen LogP contribution in [-0.2, 0) is 4.84 Å². The van der Waals surface area contributed by atoms with Crippen molar-refractivity contribution >= 4 is 5.71 Å². The van der Waals surface area contributed by atoms with E-state index in [-0.39, 0.29) is 6.10 Å². The lowest BCUT2D eigenvalue weighted by Crippen LogP contribution is -2.30. The van der Waals surface area contributed by atoms with Gasteiger partial charge in [0.1, 0.15) is 11.4 Å². The van der Waals surface area contributed by atoms with Crippen molar-refractivity contribution in [3.05, 3.63) is 29.8 Å². The molecule has 0 saturated carbocycles. The number of oxime groups is 1. The van der Waals surface area contributed by atoms with Gasteiger partial charge in [-0.05, 0) is 31.5 Å². The molecule has 0 spiro atoms. The van der Waals surface area contributed by atoms with E-state index in [0.717, 1.165) is 11.3 Å². The van der Waals surface area contributed by atoms with Gasteiger partial charge in [-0.1, -0.05) is 17.3 Å². The minimum absolute atomic E-state index is 0.109. The van der Waals surface area contributed by atoms with Crippen LogP contribution >= 0.6 is 0 Å². The zero-order chi connectivity index (χ0) is 12.5. The van der Waals surface area contributed by atoms with Crippen LogP contribution in [0.3, 0.4) is 0 Å². The Labute approximate surface area is 101 Å². The third-order valence-corrected chi connectivity index (χ3v) is 2.86. The van der Waals surface area contributed by atoms with Crippen molar-refractivity contribution in [3.63, 3.8) is 0 Å². The second kappa shape index (κ2) is 4.37. The molecular weight excluding hydrogens is 218 g/mol. The maximum absolute atomic E-state index is 9.83. The first-order valence-electron chi connectivity index (χ1n) is 5.60. The van der Waals surface area contributed by atoms with Crippen molar-refractivity contribution < 1.29 is 14.7 Å². The topological polar surface area (TPSA) is 51.0 Å². The van der Waals surface area contributed by atoms with Crippen molar-refractivity contribution in [3.8, 4) is 5.75 Å². The van der Waals surface area contributed by atoms with Crippen LogP contribution in [0.25, 0.3) is 0 Å². The normalized spacial score (nSPS) is 19.8. The number of rotatable bonds is 3. The Bertz CT molecular complexity index is 417. The second-order valence-electron chi connectivity index (χ2n) is 4.67. The molecule has 1 atom stereocenters. The van der Waals surface area contributed by atoms with Crippen molar-refractivity contribution in [2.75, 3.05) is 7.11 Å². The van der Waals surface area contributed by atoms with Gasteiger partial charge in [0.2, 0.25) is 0 Å². The first-order chi connectivity index (χ1) is 8.00. The molecule has 1 aliphatic heterocycles. The quantitative estimate of drug-likeness (QED) is 0.874. The number of ether oxygens (including phenoxy) is 1. The van der Waals surface area contributed by atoms with Crippen LogP contribution in [0.4, 0.5) is 0 Å². The molecule has 4 nitrogen and oxygen atoms in total. The van der Waals surface area contributed by atoms with Gasteiger partial charge in [0.05, 0.1) is 12.8 Å². The summed E-state index contributed by atoms with van der Waals surface area (Å²) in [5, 5.41) is 13.8. The van der Waals surface area contributed by atoms with Crippen molar-refractivity contribution in [2.24, 2.45) is 5.16 Å². The van der Waals surface area contributed by atoms with Gasteiger partial charge < -0.3 is 14.7 Å². The molecule has 2 rings (SSSR count). The summed E-state index contributed by atoms with van der Waals surface area (Å²) in [6.07, 6.45) is 0.512. The minimum atomic E-state index is -0.915. The van der Waals surface area contributed by atoms with Gasteiger partial charge in [0.25, 0.3) is 0 Å². The number of hydrogen-bond acceptors (Lipinski definition) is 4. The molecule has 4 heteroatoms. The number of aliphatic hydroxyl groups is 1. The van der Waals surface area contributed by atoms with E-state index in [1.54, 1.807) is 21.0 Å². The first-order valence-corrected chi connectivity index (χ1v) is 5.60. The molecule has 1 aliphatic rings. The summed E-state index contributed by atoms with van der Waals surface area (Å²) in [6.45, 7) is 3.43. The summed E-state index contributed by atoms with van der Waals surface area (Å²) >= 11 is 0. The molecule has 17 heavy (non-hydrogen) atoms. The van der Waals surface area contributed by atoms with Crippen molar-refractivity contribution in [2.45, 2.75) is 32.0 Å². The highest BCUT2D eigenvalue weighted by molar-refractivity contribution is 5.92. The molecule has 1 heterocycles. The second-order valence-corrected chi connectivity index (χ2v) is 4.67. The van der Waals surface area contributed by atoms with E-state index >= 15 is 0 Å². The Hall–Kier alpha value is -1.55. The van der Waals surface area contributed by atoms with E-state index in [4.69, 9.17) is 9.57 Å². The van der Waals surface area contributed by atoms with Gasteiger partial charge in [-0.2, -0.15) is 0 Å². The van der Waals surface area contributed by atoms with Crippen molar-refractivity contribution in [1.29, 1.82) is 0 Å². The van der Waals surface area contributed by atoms with Gasteiger partial charge >= 0.3 is 0 Å². The zero-order valence-corrected chi connectivity index (χ0v) is 10.3. The van der Waals surface area contributed by atoms with E-state index in [0.29, 0.717) is 12.1 Å². The van der Waals surface area contributed by atoms with E-state index in [1.807, 2.05) is 24.3 Å². The van der Waals surface area contributed by atoms with Crippen molar-refractivity contribution in [1.82, 2.24) is 0 Å². The molecule has 0 fully saturated rings. The maximum atomic E-state index is 9.83. The fourth-order valence-electron chi connectivity index (χ4n) is 1.74. The van der Waals surface area contributed by atoms with Crippen LogP contribution in [-0.4, -0.2) is 23.5 Å². The molecule has 1 unspecified atom stereocenters. The van der Waals surface area contributed by atoms with Gasteiger partial charge in [-0.3, -0.25) is 0 Å². The largest absolute Gasteiger partial charge is 0.497 e. The molecular formula is C13H17NO3. The van der Waals surface area contributed by atoms with Gasteiger partial charge in [0.15, 0.2) is 6.10 Å². The average Bonchev–Trinajstić information content (AvgIpc) is 2.78. The fourth-order valence-corrected chi connectivity index (χ4v) is 1.74. The molecule has 92 valence electrons. The molecule has 1 aromatic rings. The highest BCUT2D eigenvalue weighted by atomic mass is 16.6. The summed E-state index contributed by atoms with van der Waals surface area (Å²) in [6, 6.07) is 7.68. The molecule has 1 N–H and O–H groups in total. The Morgan fingerprint density at radius 3 is 2.47 bits per heavy atom. The Morgan fingerprint density at radius 1 is 1.35 bits per heavy atom. The Morgan fingerprint density at radius 2 is 2.00 bits per heavy atom. The van der Waals surface area contributed by atoms with E-state index < -0.39 is 5.60 Å². The SMILES string of the molecule is COc1ccc(C2CC(C(C)(C)O)=NO2)cc1. The first kappa shape index (κ1) is 11.9. The lowest BCUT2D eigenvalue weighted by molar-refractivity contribution is 0.0851. The predicted molar refractivity (Wildman–Crippen MR) is 65.2 cm³/mol. The van der Waals surface area contributed by atoms with Gasteiger partial charge in [-0.25, -0.2) is 0 Å². The lowest BCUT2D eigenvalue weighted by atomic mass is 9.95. The highest BCUT2D eigenvalue weighted by Gasteiger charge is 2.31. The Kier molecular flexibility index (Phi) is 3.07. The van der Waals surface area contributed by atoms with Gasteiger partial charge in [0, 0.05) is 6.42 Å². The third-order valence-electron chi connectivity index (χ3n) is 2.86. The minimum Gasteiger partial charge on any atom is -0.497 e. The predicted octanol–water partition coefficient (Wildman–Crippen LogP) is 2.28. The summed E-state index contributed by atoms with van der Waals surface area (Å²) in [5.41, 5.74) is 0.799. The van der Waals surface area contributed by atoms with Crippen LogP contribution in [0.2, 0.25) is 0 Å². The molecule has 0 amide bonds. The number of benzene rings is 1. The highest BCUT2D eigenvalue weighted by Crippen LogP contribution is 2.31. The Balaban J connectivity index is 2.07. The smallest absolute Gasteiger partial charge is 0.158 e. The third kappa shape index (κ3) is 2.58. The summed E-state index contributed by atoms with van der Waals surface area (Å²) in [7, 11) is 1.64. The van der Waals surface area contributed by atoms with Crippen LogP contribution in [0.5, 0.6) is 5.75 Å². The van der Waals surface area contributed by atoms with E-state index in [2.05, 4.69) is 5.16 Å². The number of hydrogen-bond donors (Lipinski definition) is 1. The molecule has 0 aromatic heterocycles.